The van der Waals surface area contributed by atoms with Crippen LogP contribution in [0.1, 0.15) is 34.3 Å². The predicted octanol–water partition coefficient (Wildman–Crippen LogP) is 4.42. The van der Waals surface area contributed by atoms with Crippen molar-refractivity contribution in [1.29, 1.82) is 0 Å². The molecule has 0 saturated carbocycles. The number of nitrogens with zero attached hydrogens (tertiary/aromatic N) is 1. The van der Waals surface area contributed by atoms with Crippen LogP contribution in [0, 0.1) is 0 Å². The van der Waals surface area contributed by atoms with Crippen molar-refractivity contribution in [2.75, 3.05) is 18.0 Å². The maximum absolute atomic E-state index is 12.9. The van der Waals surface area contributed by atoms with Gasteiger partial charge in [0, 0.05) is 37.4 Å². The minimum atomic E-state index is -0.0732. The first-order valence-electron chi connectivity index (χ1n) is 11.4. The van der Waals surface area contributed by atoms with Gasteiger partial charge in [-0.1, -0.05) is 72.8 Å². The first-order chi connectivity index (χ1) is 16.2. The molecule has 4 rings (SSSR count). The van der Waals surface area contributed by atoms with E-state index in [0.717, 1.165) is 42.7 Å². The van der Waals surface area contributed by atoms with Gasteiger partial charge in [0.1, 0.15) is 0 Å². The summed E-state index contributed by atoms with van der Waals surface area (Å²) in [5.74, 6) is -0.145. The average Bonchev–Trinajstić information content (AvgIpc) is 2.88. The van der Waals surface area contributed by atoms with Crippen LogP contribution < -0.4 is 15.5 Å². The number of carbonyl (C=O) groups excluding carboxylic acids is 2. The lowest BCUT2D eigenvalue weighted by molar-refractivity contribution is -0.117. The van der Waals surface area contributed by atoms with Gasteiger partial charge < -0.3 is 15.5 Å². The average molecular weight is 440 g/mol. The molecule has 2 amide bonds. The molecule has 1 heterocycles. The molecule has 5 nitrogen and oxygen atoms in total. The van der Waals surface area contributed by atoms with Crippen molar-refractivity contribution in [3.8, 4) is 0 Å². The van der Waals surface area contributed by atoms with Crippen molar-refractivity contribution >= 4 is 23.6 Å². The molecule has 0 atom stereocenters. The van der Waals surface area contributed by atoms with Gasteiger partial charge in [-0.25, -0.2) is 0 Å². The van der Waals surface area contributed by atoms with Gasteiger partial charge in [0.05, 0.1) is 5.56 Å². The summed E-state index contributed by atoms with van der Waals surface area (Å²) in [6, 6.07) is 27.6. The van der Waals surface area contributed by atoms with Gasteiger partial charge in [-0.2, -0.15) is 0 Å². The van der Waals surface area contributed by atoms with Gasteiger partial charge in [0.2, 0.25) is 5.91 Å². The first kappa shape index (κ1) is 22.3. The van der Waals surface area contributed by atoms with Crippen LogP contribution >= 0.6 is 0 Å². The third-order valence-electron chi connectivity index (χ3n) is 5.85. The second-order valence-electron chi connectivity index (χ2n) is 8.20. The molecule has 3 aromatic rings. The number of hydrogen-bond donors (Lipinski definition) is 2. The smallest absolute Gasteiger partial charge is 0.253 e. The number of anilines is 1. The third-order valence-corrected chi connectivity index (χ3v) is 5.85. The molecule has 0 spiro atoms. The highest BCUT2D eigenvalue weighted by Crippen LogP contribution is 2.24. The van der Waals surface area contributed by atoms with E-state index in [-0.39, 0.29) is 17.9 Å². The summed E-state index contributed by atoms with van der Waals surface area (Å²) in [4.78, 5) is 27.4. The lowest BCUT2D eigenvalue weighted by atomic mass is 10.0. The molecule has 5 heteroatoms. The highest BCUT2D eigenvalue weighted by molar-refractivity contribution is 5.99. The van der Waals surface area contributed by atoms with E-state index < -0.39 is 0 Å². The summed E-state index contributed by atoms with van der Waals surface area (Å²) in [7, 11) is 0. The molecule has 2 N–H and O–H groups in total. The van der Waals surface area contributed by atoms with E-state index in [1.807, 2.05) is 91.0 Å². The van der Waals surface area contributed by atoms with Crippen molar-refractivity contribution < 1.29 is 9.59 Å². The molecule has 0 aliphatic carbocycles. The summed E-state index contributed by atoms with van der Waals surface area (Å²) in [5, 5.41) is 6.13. The van der Waals surface area contributed by atoms with Crippen molar-refractivity contribution in [2.45, 2.75) is 25.4 Å². The van der Waals surface area contributed by atoms with Crippen molar-refractivity contribution in [2.24, 2.45) is 0 Å². The van der Waals surface area contributed by atoms with Crippen LogP contribution in [0.25, 0.3) is 6.08 Å². The van der Waals surface area contributed by atoms with Crippen LogP contribution in [0.5, 0.6) is 0 Å². The third kappa shape index (κ3) is 6.32. The van der Waals surface area contributed by atoms with Crippen LogP contribution in [-0.4, -0.2) is 30.9 Å². The quantitative estimate of drug-likeness (QED) is 0.536. The van der Waals surface area contributed by atoms with E-state index in [0.29, 0.717) is 12.1 Å². The zero-order valence-electron chi connectivity index (χ0n) is 18.6. The Morgan fingerprint density at radius 3 is 2.21 bits per heavy atom. The molecule has 3 aromatic carbocycles. The number of rotatable bonds is 7. The van der Waals surface area contributed by atoms with Crippen molar-refractivity contribution in [3.63, 3.8) is 0 Å². The normalized spacial score (nSPS) is 14.2. The summed E-state index contributed by atoms with van der Waals surface area (Å²) in [6.45, 7) is 2.07. The van der Waals surface area contributed by atoms with Gasteiger partial charge in [-0.3, -0.25) is 9.59 Å². The Morgan fingerprint density at radius 2 is 1.48 bits per heavy atom. The monoisotopic (exact) mass is 439 g/mol. The molecule has 33 heavy (non-hydrogen) atoms. The molecule has 1 aliphatic heterocycles. The minimum Gasteiger partial charge on any atom is -0.371 e. The lowest BCUT2D eigenvalue weighted by Crippen LogP contribution is -2.44. The Balaban J connectivity index is 1.31. The largest absolute Gasteiger partial charge is 0.371 e. The second kappa shape index (κ2) is 11.1. The standard InChI is InChI=1S/C28H29N3O2/c32-27(16-15-22-9-3-1-4-10-22)30-24-17-19-31(20-18-24)26-14-8-7-13-25(26)28(33)29-21-23-11-5-2-6-12-23/h1-16,24H,17-21H2,(H,29,33)(H,30,32)/b16-15+. The van der Waals surface area contributed by atoms with E-state index in [2.05, 4.69) is 15.5 Å². The summed E-state index contributed by atoms with van der Waals surface area (Å²) >= 11 is 0. The van der Waals surface area contributed by atoms with Crippen LogP contribution in [-0.2, 0) is 11.3 Å². The maximum Gasteiger partial charge on any atom is 0.253 e. The Kier molecular flexibility index (Phi) is 7.54. The van der Waals surface area contributed by atoms with E-state index >= 15 is 0 Å². The fourth-order valence-corrected chi connectivity index (χ4v) is 4.06. The molecule has 168 valence electrons. The fraction of sp³-hybridized carbons (Fsp3) is 0.214. The molecule has 0 unspecified atom stereocenters. The highest BCUT2D eigenvalue weighted by Gasteiger charge is 2.23. The van der Waals surface area contributed by atoms with E-state index in [4.69, 9.17) is 0 Å². The molecule has 1 aliphatic rings. The molecule has 1 saturated heterocycles. The van der Waals surface area contributed by atoms with Gasteiger partial charge in [-0.05, 0) is 42.2 Å². The minimum absolute atomic E-state index is 0.0713. The van der Waals surface area contributed by atoms with Crippen LogP contribution in [0.15, 0.2) is 91.0 Å². The summed E-state index contributed by atoms with van der Waals surface area (Å²) in [6.07, 6.45) is 5.10. The van der Waals surface area contributed by atoms with E-state index in [9.17, 15) is 9.59 Å². The van der Waals surface area contributed by atoms with E-state index in [1.54, 1.807) is 6.08 Å². The Morgan fingerprint density at radius 1 is 0.848 bits per heavy atom. The number of amides is 2. The molecule has 0 bridgehead atoms. The summed E-state index contributed by atoms with van der Waals surface area (Å²) < 4.78 is 0. The fourth-order valence-electron chi connectivity index (χ4n) is 4.06. The zero-order valence-corrected chi connectivity index (χ0v) is 18.6. The van der Waals surface area contributed by atoms with Gasteiger partial charge in [0.15, 0.2) is 0 Å². The SMILES string of the molecule is O=C(/C=C/c1ccccc1)NC1CCN(c2ccccc2C(=O)NCc2ccccc2)CC1. The Bertz CT molecular complexity index is 1090. The summed E-state index contributed by atoms with van der Waals surface area (Å²) in [5.41, 5.74) is 3.70. The van der Waals surface area contributed by atoms with Crippen LogP contribution in [0.2, 0.25) is 0 Å². The molecule has 0 aromatic heterocycles. The zero-order chi connectivity index (χ0) is 22.9. The topological polar surface area (TPSA) is 61.4 Å². The molecule has 0 radical (unpaired) electrons. The van der Waals surface area contributed by atoms with Crippen LogP contribution in [0.4, 0.5) is 5.69 Å². The number of para-hydroxylation sites is 1. The predicted molar refractivity (Wildman–Crippen MR) is 133 cm³/mol. The number of carbonyl (C=O) groups is 2. The van der Waals surface area contributed by atoms with Gasteiger partial charge >= 0.3 is 0 Å². The lowest BCUT2D eigenvalue weighted by Gasteiger charge is -2.34. The van der Waals surface area contributed by atoms with Gasteiger partial charge in [-0.15, -0.1) is 0 Å². The van der Waals surface area contributed by atoms with Crippen molar-refractivity contribution in [3.05, 3.63) is 108 Å². The van der Waals surface area contributed by atoms with Crippen LogP contribution in [0.3, 0.4) is 0 Å². The molecular formula is C28H29N3O2. The molecular weight excluding hydrogens is 410 g/mol. The molecule has 1 fully saturated rings. The number of nitrogens with one attached hydrogen (secondary N) is 2. The first-order valence-corrected chi connectivity index (χ1v) is 11.4. The number of hydrogen-bond acceptors (Lipinski definition) is 3. The van der Waals surface area contributed by atoms with Crippen molar-refractivity contribution in [1.82, 2.24) is 10.6 Å². The van der Waals surface area contributed by atoms with Gasteiger partial charge in [0.25, 0.3) is 5.91 Å². The number of benzene rings is 3. The highest BCUT2D eigenvalue weighted by atomic mass is 16.2. The second-order valence-corrected chi connectivity index (χ2v) is 8.20. The maximum atomic E-state index is 12.9. The Labute approximate surface area is 195 Å². The van der Waals surface area contributed by atoms with E-state index in [1.165, 1.54) is 0 Å². The Hall–Kier alpha value is -3.86. The number of piperidine rings is 1.